The fourth-order valence-corrected chi connectivity index (χ4v) is 4.29. The minimum Gasteiger partial charge on any atom is -0.494 e. The summed E-state index contributed by atoms with van der Waals surface area (Å²) in [5.74, 6) is 0.924. The molecule has 12 nitrogen and oxygen atoms in total. The van der Waals surface area contributed by atoms with Crippen LogP contribution in [0, 0.1) is 0 Å². The first-order chi connectivity index (χ1) is 19.4. The molecule has 4 aromatic rings. The predicted octanol–water partition coefficient (Wildman–Crippen LogP) is 3.46. The molecule has 14 heteroatoms. The second-order valence-corrected chi connectivity index (χ2v) is 9.33. The van der Waals surface area contributed by atoms with Gasteiger partial charge in [0.1, 0.15) is 17.0 Å². The molecule has 0 saturated carbocycles. The summed E-state index contributed by atoms with van der Waals surface area (Å²) in [4.78, 5) is 26.1. The van der Waals surface area contributed by atoms with Crippen LogP contribution in [0.4, 0.5) is 26.4 Å². The second-order valence-electron chi connectivity index (χ2n) is 9.33. The molecule has 0 amide bonds. The van der Waals surface area contributed by atoms with E-state index >= 15 is 0 Å². The van der Waals surface area contributed by atoms with E-state index in [1.807, 2.05) is 19.0 Å². The molecular formula is C26H31F2N9O3. The summed E-state index contributed by atoms with van der Waals surface area (Å²) in [5, 5.41) is 3.14. The Morgan fingerprint density at radius 2 is 1.88 bits per heavy atom. The Bertz CT molecular complexity index is 1440. The van der Waals surface area contributed by atoms with Gasteiger partial charge in [-0.15, -0.1) is 0 Å². The maximum Gasteiger partial charge on any atom is 0.296 e. The van der Waals surface area contributed by atoms with Gasteiger partial charge in [-0.25, -0.2) is 13.8 Å². The number of methoxy groups -OCH3 is 1. The maximum atomic E-state index is 14.2. The Kier molecular flexibility index (Phi) is 8.45. The van der Waals surface area contributed by atoms with Gasteiger partial charge in [0.15, 0.2) is 5.82 Å². The molecule has 212 valence electrons. The lowest BCUT2D eigenvalue weighted by Gasteiger charge is -2.27. The zero-order valence-electron chi connectivity index (χ0n) is 22.5. The van der Waals surface area contributed by atoms with Gasteiger partial charge in [0.2, 0.25) is 17.8 Å². The molecule has 1 saturated heterocycles. The summed E-state index contributed by atoms with van der Waals surface area (Å²) in [7, 11) is 5.48. The van der Waals surface area contributed by atoms with Crippen LogP contribution in [0.3, 0.4) is 0 Å². The fourth-order valence-electron chi connectivity index (χ4n) is 4.29. The molecule has 0 spiro atoms. The highest BCUT2D eigenvalue weighted by Gasteiger charge is 2.26. The van der Waals surface area contributed by atoms with Crippen molar-refractivity contribution in [2.75, 3.05) is 70.9 Å². The number of ether oxygens (including phenoxy) is 3. The van der Waals surface area contributed by atoms with Gasteiger partial charge < -0.3 is 29.3 Å². The van der Waals surface area contributed by atoms with Crippen molar-refractivity contribution in [3.63, 3.8) is 0 Å². The monoisotopic (exact) mass is 555 g/mol. The fraction of sp³-hybridized carbons (Fsp3) is 0.423. The third kappa shape index (κ3) is 6.18. The number of para-hydroxylation sites is 1. The lowest BCUT2D eigenvalue weighted by atomic mass is 10.3. The van der Waals surface area contributed by atoms with E-state index in [9.17, 15) is 8.78 Å². The number of pyridine rings is 1. The molecule has 4 heterocycles. The number of morpholine rings is 1. The number of aromatic nitrogens is 6. The summed E-state index contributed by atoms with van der Waals surface area (Å²) in [6.45, 7) is 3.51. The van der Waals surface area contributed by atoms with Crippen LogP contribution in [0.25, 0.3) is 17.0 Å². The van der Waals surface area contributed by atoms with Crippen LogP contribution >= 0.6 is 0 Å². The minimum absolute atomic E-state index is 0.00547. The first-order valence-electron chi connectivity index (χ1n) is 12.8. The molecule has 1 aromatic carbocycles. The van der Waals surface area contributed by atoms with Gasteiger partial charge in [0, 0.05) is 25.7 Å². The van der Waals surface area contributed by atoms with Gasteiger partial charge in [-0.1, -0.05) is 6.07 Å². The number of alkyl halides is 2. The number of nitrogens with zero attached hydrogens (tertiary/aromatic N) is 8. The van der Waals surface area contributed by atoms with Crippen LogP contribution in [-0.2, 0) is 4.74 Å². The standard InChI is InChI=1S/C26H31F2N9O3/c1-35(2)8-5-11-40-18-14-17(15-29-16-18)30-24-32-25(36-9-12-39-13-10-36)34-26(33-24)37-19-6-4-7-20(38-3)21(19)31-23(37)22(27)28/h4,6-7,14-16,22H,5,8-13H2,1-3H3,(H,30,32,33,34). The maximum absolute atomic E-state index is 14.2. The van der Waals surface area contributed by atoms with Crippen LogP contribution in [0.2, 0.25) is 0 Å². The highest BCUT2D eigenvalue weighted by Crippen LogP contribution is 2.32. The van der Waals surface area contributed by atoms with Gasteiger partial charge in [0.25, 0.3) is 6.43 Å². The molecule has 0 radical (unpaired) electrons. The molecule has 1 N–H and O–H groups in total. The number of hydrogen-bond acceptors (Lipinski definition) is 11. The highest BCUT2D eigenvalue weighted by atomic mass is 19.3. The molecule has 0 atom stereocenters. The first-order valence-corrected chi connectivity index (χ1v) is 12.8. The largest absolute Gasteiger partial charge is 0.494 e. The van der Waals surface area contributed by atoms with Crippen LogP contribution in [-0.4, -0.2) is 95.0 Å². The van der Waals surface area contributed by atoms with E-state index in [-0.39, 0.29) is 17.4 Å². The Morgan fingerprint density at radius 1 is 1.07 bits per heavy atom. The summed E-state index contributed by atoms with van der Waals surface area (Å²) in [6, 6.07) is 6.82. The van der Waals surface area contributed by atoms with Crippen molar-refractivity contribution in [2.24, 2.45) is 0 Å². The molecule has 3 aromatic heterocycles. The van der Waals surface area contributed by atoms with E-state index in [1.165, 1.54) is 11.7 Å². The predicted molar refractivity (Wildman–Crippen MR) is 145 cm³/mol. The van der Waals surface area contributed by atoms with Gasteiger partial charge in [0.05, 0.1) is 50.5 Å². The van der Waals surface area contributed by atoms with E-state index in [4.69, 9.17) is 14.2 Å². The first kappa shape index (κ1) is 27.4. The third-order valence-corrected chi connectivity index (χ3v) is 6.18. The van der Waals surface area contributed by atoms with E-state index in [0.717, 1.165) is 13.0 Å². The van der Waals surface area contributed by atoms with E-state index < -0.39 is 12.2 Å². The van der Waals surface area contributed by atoms with Crippen LogP contribution in [0.1, 0.15) is 18.7 Å². The van der Waals surface area contributed by atoms with Gasteiger partial charge in [-0.3, -0.25) is 9.55 Å². The lowest BCUT2D eigenvalue weighted by molar-refractivity contribution is 0.122. The van der Waals surface area contributed by atoms with E-state index in [0.29, 0.717) is 61.6 Å². The molecule has 40 heavy (non-hydrogen) atoms. The summed E-state index contributed by atoms with van der Waals surface area (Å²) < 4.78 is 46.4. The Hall–Kier alpha value is -4.17. The van der Waals surface area contributed by atoms with Crippen molar-refractivity contribution >= 4 is 28.6 Å². The van der Waals surface area contributed by atoms with Gasteiger partial charge in [-0.2, -0.15) is 15.0 Å². The number of benzene rings is 1. The van der Waals surface area contributed by atoms with E-state index in [2.05, 4.69) is 35.1 Å². The quantitative estimate of drug-likeness (QED) is 0.274. The van der Waals surface area contributed by atoms with Crippen molar-refractivity contribution < 1.29 is 23.0 Å². The van der Waals surface area contributed by atoms with Gasteiger partial charge in [-0.05, 0) is 32.6 Å². The number of fused-ring (bicyclic) bond motifs is 1. The third-order valence-electron chi connectivity index (χ3n) is 6.18. The summed E-state index contributed by atoms with van der Waals surface area (Å²) >= 11 is 0. The van der Waals surface area contributed by atoms with Crippen molar-refractivity contribution in [1.29, 1.82) is 0 Å². The Labute approximate surface area is 229 Å². The Balaban J connectivity index is 1.53. The van der Waals surface area contributed by atoms with E-state index in [1.54, 1.807) is 36.7 Å². The number of anilines is 3. The van der Waals surface area contributed by atoms with Crippen LogP contribution in [0.15, 0.2) is 36.7 Å². The van der Waals surface area contributed by atoms with Crippen LogP contribution in [0.5, 0.6) is 11.5 Å². The number of nitrogens with one attached hydrogen (secondary N) is 1. The van der Waals surface area contributed by atoms with Crippen molar-refractivity contribution in [3.05, 3.63) is 42.5 Å². The van der Waals surface area contributed by atoms with Crippen LogP contribution < -0.4 is 19.7 Å². The average molecular weight is 556 g/mol. The normalized spacial score (nSPS) is 13.8. The summed E-state index contributed by atoms with van der Waals surface area (Å²) in [5.41, 5.74) is 1.24. The molecule has 0 unspecified atom stereocenters. The highest BCUT2D eigenvalue weighted by molar-refractivity contribution is 5.84. The zero-order valence-corrected chi connectivity index (χ0v) is 22.5. The van der Waals surface area contributed by atoms with Crippen molar-refractivity contribution in [2.45, 2.75) is 12.8 Å². The topological polar surface area (TPSA) is 116 Å². The zero-order chi connectivity index (χ0) is 28.1. The van der Waals surface area contributed by atoms with Crippen molar-refractivity contribution in [3.8, 4) is 17.4 Å². The summed E-state index contributed by atoms with van der Waals surface area (Å²) in [6.07, 6.45) is 1.20. The Morgan fingerprint density at radius 3 is 2.62 bits per heavy atom. The molecule has 1 aliphatic heterocycles. The lowest BCUT2D eigenvalue weighted by Crippen LogP contribution is -2.37. The SMILES string of the molecule is COc1cccc2c1nc(C(F)F)n2-c1nc(Nc2cncc(OCCCN(C)C)c2)nc(N2CCOCC2)n1. The molecule has 5 rings (SSSR count). The second kappa shape index (κ2) is 12.3. The molecule has 0 bridgehead atoms. The van der Waals surface area contributed by atoms with Crippen molar-refractivity contribution in [1.82, 2.24) is 34.4 Å². The number of imidazole rings is 1. The number of halogens is 2. The smallest absolute Gasteiger partial charge is 0.296 e. The average Bonchev–Trinajstić information content (AvgIpc) is 3.36. The molecular weight excluding hydrogens is 524 g/mol. The number of hydrogen-bond donors (Lipinski definition) is 1. The van der Waals surface area contributed by atoms with Gasteiger partial charge >= 0.3 is 0 Å². The molecule has 1 aliphatic rings. The molecule has 0 aliphatic carbocycles. The minimum atomic E-state index is -2.89. The molecule has 1 fully saturated rings. The number of rotatable bonds is 11.